The molecule has 0 saturated carbocycles. The van der Waals surface area contributed by atoms with E-state index < -0.39 is 11.9 Å². The average Bonchev–Trinajstić information content (AvgIpc) is 2.87. The van der Waals surface area contributed by atoms with Crippen LogP contribution in [0.1, 0.15) is 20.7 Å². The number of benzene rings is 1. The van der Waals surface area contributed by atoms with Crippen molar-refractivity contribution in [2.45, 2.75) is 0 Å². The SMILES string of the molecule is O.O=C(O)c1cccc(C(=O)O)c1.[NaH].c1c[nH]cn1. The number of H-pyrrole nitrogens is 1. The van der Waals surface area contributed by atoms with Crippen molar-refractivity contribution in [3.8, 4) is 0 Å². The first kappa shape index (κ1) is 19.7. The molecule has 2 rings (SSSR count). The zero-order valence-corrected chi connectivity index (χ0v) is 9.20. The molecule has 0 bridgehead atoms. The second kappa shape index (κ2) is 10.3. The smallest absolute Gasteiger partial charge is 0.0919 e. The number of hydrogen-bond donors (Lipinski definition) is 3. The number of aromatic carboxylic acids is 2. The summed E-state index contributed by atoms with van der Waals surface area (Å²) in [6.07, 6.45) is 5.08. The van der Waals surface area contributed by atoms with Crippen molar-refractivity contribution in [1.82, 2.24) is 9.97 Å². The summed E-state index contributed by atoms with van der Waals surface area (Å²) in [5.41, 5.74) is -0.0372. The van der Waals surface area contributed by atoms with E-state index in [2.05, 4.69) is 9.97 Å². The van der Waals surface area contributed by atoms with E-state index in [0.29, 0.717) is 0 Å². The molecule has 0 spiro atoms. The minimum Gasteiger partial charge on any atom is -0.351 e. The van der Waals surface area contributed by atoms with Gasteiger partial charge < -0.3 is 20.7 Å². The van der Waals surface area contributed by atoms with Crippen molar-refractivity contribution in [2.24, 2.45) is 0 Å². The molecule has 8 heteroatoms. The van der Waals surface area contributed by atoms with Crippen molar-refractivity contribution in [3.05, 3.63) is 54.1 Å². The molecular formula is C11H13N2NaO5. The van der Waals surface area contributed by atoms with E-state index in [0.717, 1.165) is 6.07 Å². The summed E-state index contributed by atoms with van der Waals surface area (Å²) in [5.74, 6) is -2.25. The van der Waals surface area contributed by atoms with Gasteiger partial charge in [-0.15, -0.1) is 0 Å². The van der Waals surface area contributed by atoms with Crippen molar-refractivity contribution in [1.29, 1.82) is 0 Å². The molecule has 2 aromatic rings. The van der Waals surface area contributed by atoms with Gasteiger partial charge in [0, 0.05) is 12.4 Å². The average molecular weight is 276 g/mol. The summed E-state index contributed by atoms with van der Waals surface area (Å²) in [5, 5.41) is 17.0. The fourth-order valence-electron chi connectivity index (χ4n) is 1.00. The van der Waals surface area contributed by atoms with Gasteiger partial charge in [0.2, 0.25) is 0 Å². The third-order valence-corrected chi connectivity index (χ3v) is 1.76. The molecule has 0 saturated heterocycles. The Balaban J connectivity index is 0. The first-order valence-corrected chi connectivity index (χ1v) is 4.60. The van der Waals surface area contributed by atoms with Crippen LogP contribution in [0.5, 0.6) is 0 Å². The monoisotopic (exact) mass is 276 g/mol. The molecule has 5 N–H and O–H groups in total. The van der Waals surface area contributed by atoms with Crippen molar-refractivity contribution >= 4 is 41.5 Å². The number of carbonyl (C=O) groups is 2. The van der Waals surface area contributed by atoms with Crippen LogP contribution in [0.4, 0.5) is 0 Å². The Morgan fingerprint density at radius 1 is 1.11 bits per heavy atom. The van der Waals surface area contributed by atoms with E-state index in [1.807, 2.05) is 0 Å². The van der Waals surface area contributed by atoms with Crippen LogP contribution >= 0.6 is 0 Å². The summed E-state index contributed by atoms with van der Waals surface area (Å²) in [6.45, 7) is 0. The van der Waals surface area contributed by atoms with Gasteiger partial charge in [-0.3, -0.25) is 0 Å². The molecule has 98 valence electrons. The van der Waals surface area contributed by atoms with Crippen molar-refractivity contribution < 1.29 is 25.3 Å². The molecule has 1 aromatic carbocycles. The number of carboxylic acids is 2. The van der Waals surface area contributed by atoms with Gasteiger partial charge in [-0.25, -0.2) is 14.6 Å². The van der Waals surface area contributed by atoms with Gasteiger partial charge in [-0.1, -0.05) is 6.07 Å². The largest absolute Gasteiger partial charge is 0.351 e. The Hall–Kier alpha value is -1.67. The number of imidazole rings is 1. The minimum absolute atomic E-state index is 0. The molecule has 0 fully saturated rings. The molecule has 0 unspecified atom stereocenters. The number of hydrogen-bond acceptors (Lipinski definition) is 3. The van der Waals surface area contributed by atoms with E-state index in [4.69, 9.17) is 10.2 Å². The Bertz CT molecular complexity index is 455. The third-order valence-electron chi connectivity index (χ3n) is 1.76. The molecule has 19 heavy (non-hydrogen) atoms. The van der Waals surface area contributed by atoms with E-state index in [9.17, 15) is 9.59 Å². The molecule has 0 aliphatic rings. The number of aromatic nitrogens is 2. The van der Waals surface area contributed by atoms with Gasteiger partial charge in [0.15, 0.2) is 0 Å². The van der Waals surface area contributed by atoms with Gasteiger partial charge in [-0.05, 0) is 18.2 Å². The molecular weight excluding hydrogens is 263 g/mol. The van der Waals surface area contributed by atoms with Crippen LogP contribution in [-0.4, -0.2) is 67.2 Å². The Labute approximate surface area is 130 Å². The molecule has 0 amide bonds. The number of nitrogens with zero attached hydrogens (tertiary/aromatic N) is 1. The fraction of sp³-hybridized carbons (Fsp3) is 0. The van der Waals surface area contributed by atoms with E-state index in [1.54, 1.807) is 18.7 Å². The molecule has 0 radical (unpaired) electrons. The summed E-state index contributed by atoms with van der Waals surface area (Å²) in [4.78, 5) is 27.2. The van der Waals surface area contributed by atoms with Gasteiger partial charge in [-0.2, -0.15) is 0 Å². The van der Waals surface area contributed by atoms with E-state index in [1.165, 1.54) is 18.2 Å². The van der Waals surface area contributed by atoms with Crippen LogP contribution in [0.2, 0.25) is 0 Å². The molecule has 0 aliphatic heterocycles. The quantitative estimate of drug-likeness (QED) is 0.664. The summed E-state index contributed by atoms with van der Waals surface area (Å²) < 4.78 is 0. The predicted octanol–water partition coefficient (Wildman–Crippen LogP) is 0.0195. The van der Waals surface area contributed by atoms with Crippen LogP contribution in [0.25, 0.3) is 0 Å². The topological polar surface area (TPSA) is 135 Å². The zero-order valence-electron chi connectivity index (χ0n) is 9.20. The van der Waals surface area contributed by atoms with Crippen molar-refractivity contribution in [3.63, 3.8) is 0 Å². The van der Waals surface area contributed by atoms with Crippen LogP contribution in [0.15, 0.2) is 43.0 Å². The predicted molar refractivity (Wildman–Crippen MR) is 69.7 cm³/mol. The first-order chi connectivity index (χ1) is 8.11. The maximum absolute atomic E-state index is 10.4. The second-order valence-corrected chi connectivity index (χ2v) is 2.95. The number of carboxylic acid groups (broad SMARTS) is 2. The molecule has 0 aliphatic carbocycles. The van der Waals surface area contributed by atoms with Gasteiger partial charge in [0.05, 0.1) is 17.5 Å². The molecule has 1 aromatic heterocycles. The van der Waals surface area contributed by atoms with Gasteiger partial charge >= 0.3 is 41.5 Å². The Morgan fingerprint density at radius 2 is 1.63 bits per heavy atom. The van der Waals surface area contributed by atoms with Gasteiger partial charge in [0.1, 0.15) is 0 Å². The van der Waals surface area contributed by atoms with Crippen LogP contribution in [-0.2, 0) is 0 Å². The van der Waals surface area contributed by atoms with E-state index in [-0.39, 0.29) is 46.2 Å². The standard InChI is InChI=1S/C8H6O4.C3H4N2.Na.H2O.H/c9-7(10)5-2-1-3-6(4-5)8(11)12;1-2-5-3-4-1;;;/h1-4H,(H,9,10)(H,11,12);1-3H,(H,4,5);;1H2;. The summed E-state index contributed by atoms with van der Waals surface area (Å²) in [6, 6.07) is 5.20. The Kier molecular flexibility index (Phi) is 10.6. The molecule has 1 heterocycles. The van der Waals surface area contributed by atoms with E-state index >= 15 is 0 Å². The summed E-state index contributed by atoms with van der Waals surface area (Å²) >= 11 is 0. The molecule has 7 nitrogen and oxygen atoms in total. The molecule has 0 atom stereocenters. The first-order valence-electron chi connectivity index (χ1n) is 4.60. The second-order valence-electron chi connectivity index (χ2n) is 2.95. The summed E-state index contributed by atoms with van der Waals surface area (Å²) in [7, 11) is 0. The van der Waals surface area contributed by atoms with Gasteiger partial charge in [0.25, 0.3) is 0 Å². The number of rotatable bonds is 2. The Morgan fingerprint density at radius 3 is 1.89 bits per heavy atom. The number of aromatic amines is 1. The number of nitrogens with one attached hydrogen (secondary N) is 1. The maximum Gasteiger partial charge on any atom is 0.0919 e. The fourth-order valence-corrected chi connectivity index (χ4v) is 1.00. The van der Waals surface area contributed by atoms with Crippen LogP contribution < -0.4 is 0 Å². The maximum atomic E-state index is 10.4. The van der Waals surface area contributed by atoms with Crippen LogP contribution in [0, 0.1) is 0 Å². The minimum atomic E-state index is -1.13. The zero-order chi connectivity index (χ0) is 12.7. The normalized spacial score (nSPS) is 8.00. The van der Waals surface area contributed by atoms with Crippen molar-refractivity contribution in [2.75, 3.05) is 0 Å². The third kappa shape index (κ3) is 7.37. The van der Waals surface area contributed by atoms with Crippen LogP contribution in [0.3, 0.4) is 0 Å².